The number of nitrogens with one attached hydrogen (secondary N) is 1. The number of H-pyrrole nitrogens is 1. The van der Waals surface area contributed by atoms with Crippen molar-refractivity contribution in [3.8, 4) is 12.1 Å². The van der Waals surface area contributed by atoms with Crippen LogP contribution < -0.4 is 15.6 Å². The molecule has 0 radical (unpaired) electrons. The van der Waals surface area contributed by atoms with E-state index >= 15 is 0 Å². The summed E-state index contributed by atoms with van der Waals surface area (Å²) in [5, 5.41) is 25.2. The van der Waals surface area contributed by atoms with Gasteiger partial charge in [-0.2, -0.15) is 15.6 Å². The molecule has 2 atom stereocenters. The monoisotopic (exact) mass is 459 g/mol. The Labute approximate surface area is 195 Å². The SMILES string of the molecule is CN1CN=c2[nH]ccc2=C1c1cnn([C@@H](CC#N)[C@H]2CCN(c3cncc(Cl)c3C#N)C2)c1. The van der Waals surface area contributed by atoms with Gasteiger partial charge in [0.15, 0.2) is 0 Å². The first-order valence-corrected chi connectivity index (χ1v) is 11.1. The maximum Gasteiger partial charge on any atom is 0.136 e. The van der Waals surface area contributed by atoms with E-state index < -0.39 is 0 Å². The van der Waals surface area contributed by atoms with Gasteiger partial charge in [-0.3, -0.25) is 9.67 Å². The highest BCUT2D eigenvalue weighted by Gasteiger charge is 2.33. The van der Waals surface area contributed by atoms with Gasteiger partial charge in [0.1, 0.15) is 18.2 Å². The summed E-state index contributed by atoms with van der Waals surface area (Å²) in [7, 11) is 2.01. The van der Waals surface area contributed by atoms with E-state index in [-0.39, 0.29) is 12.0 Å². The lowest BCUT2D eigenvalue weighted by Crippen LogP contribution is -2.38. The summed E-state index contributed by atoms with van der Waals surface area (Å²) in [4.78, 5) is 16.1. The van der Waals surface area contributed by atoms with Crippen LogP contribution in [0.25, 0.3) is 5.70 Å². The number of hydrogen-bond donors (Lipinski definition) is 1. The van der Waals surface area contributed by atoms with Crippen LogP contribution in [0.4, 0.5) is 5.69 Å². The van der Waals surface area contributed by atoms with E-state index in [0.29, 0.717) is 30.2 Å². The maximum atomic E-state index is 9.55. The van der Waals surface area contributed by atoms with Crippen LogP contribution in [0.1, 0.15) is 30.0 Å². The number of nitrogens with zero attached hydrogens (tertiary/aromatic N) is 8. The Bertz CT molecular complexity index is 1390. The molecule has 0 aliphatic carbocycles. The van der Waals surface area contributed by atoms with Crippen molar-refractivity contribution in [3.63, 3.8) is 0 Å². The van der Waals surface area contributed by atoms with E-state index in [1.807, 2.05) is 36.4 Å². The molecule has 0 amide bonds. The second-order valence-electron chi connectivity index (χ2n) is 8.35. The van der Waals surface area contributed by atoms with Crippen molar-refractivity contribution in [1.29, 1.82) is 10.5 Å². The van der Waals surface area contributed by atoms with Crippen LogP contribution >= 0.6 is 11.6 Å². The minimum atomic E-state index is -0.0729. The lowest BCUT2D eigenvalue weighted by atomic mass is 9.96. The Morgan fingerprint density at radius 3 is 3.00 bits per heavy atom. The Hall–Kier alpha value is -3.82. The van der Waals surface area contributed by atoms with Crippen LogP contribution in [-0.2, 0) is 0 Å². The molecule has 2 aliphatic heterocycles. The summed E-state index contributed by atoms with van der Waals surface area (Å²) in [6.07, 6.45) is 10.2. The predicted molar refractivity (Wildman–Crippen MR) is 122 cm³/mol. The molecule has 1 N–H and O–H groups in total. The van der Waals surface area contributed by atoms with Crippen molar-refractivity contribution in [2.45, 2.75) is 18.9 Å². The second-order valence-corrected chi connectivity index (χ2v) is 8.75. The molecule has 0 bridgehead atoms. The quantitative estimate of drug-likeness (QED) is 0.622. The number of fused-ring (bicyclic) bond motifs is 1. The van der Waals surface area contributed by atoms with Gasteiger partial charge in [-0.05, 0) is 12.5 Å². The minimum Gasteiger partial charge on any atom is -0.369 e. The molecular weight excluding hydrogens is 438 g/mol. The number of aromatic amines is 1. The lowest BCUT2D eigenvalue weighted by Gasteiger charge is -2.24. The van der Waals surface area contributed by atoms with E-state index in [1.54, 1.807) is 6.20 Å². The molecule has 1 fully saturated rings. The Balaban J connectivity index is 1.44. The molecule has 10 heteroatoms. The molecule has 5 heterocycles. The van der Waals surface area contributed by atoms with Crippen molar-refractivity contribution in [3.05, 3.63) is 63.9 Å². The lowest BCUT2D eigenvalue weighted by molar-refractivity contribution is 0.331. The highest BCUT2D eigenvalue weighted by atomic mass is 35.5. The van der Waals surface area contributed by atoms with E-state index in [9.17, 15) is 10.5 Å². The van der Waals surface area contributed by atoms with Crippen LogP contribution in [0.15, 0.2) is 42.0 Å². The van der Waals surface area contributed by atoms with Gasteiger partial charge < -0.3 is 14.8 Å². The average Bonchev–Trinajstić information content (AvgIpc) is 3.58. The van der Waals surface area contributed by atoms with Crippen LogP contribution in [0.5, 0.6) is 0 Å². The summed E-state index contributed by atoms with van der Waals surface area (Å²) in [6, 6.07) is 6.48. The molecule has 0 aromatic carbocycles. The summed E-state index contributed by atoms with van der Waals surface area (Å²) >= 11 is 6.18. The van der Waals surface area contributed by atoms with Crippen molar-refractivity contribution >= 4 is 23.0 Å². The highest BCUT2D eigenvalue weighted by Crippen LogP contribution is 2.35. The predicted octanol–water partition coefficient (Wildman–Crippen LogP) is 1.79. The molecule has 166 valence electrons. The first-order valence-electron chi connectivity index (χ1n) is 10.7. The largest absolute Gasteiger partial charge is 0.369 e. The molecule has 3 aromatic rings. The molecule has 0 unspecified atom stereocenters. The van der Waals surface area contributed by atoms with E-state index in [1.165, 1.54) is 6.20 Å². The van der Waals surface area contributed by atoms with Gasteiger partial charge in [-0.15, -0.1) is 0 Å². The number of nitriles is 2. The number of pyridine rings is 1. The fourth-order valence-corrected chi connectivity index (χ4v) is 5.01. The molecule has 33 heavy (non-hydrogen) atoms. The normalized spacial score (nSPS) is 18.4. The van der Waals surface area contributed by atoms with Crippen molar-refractivity contribution < 1.29 is 0 Å². The zero-order chi connectivity index (χ0) is 22.9. The number of hydrogen-bond acceptors (Lipinski definition) is 7. The molecule has 9 nitrogen and oxygen atoms in total. The third-order valence-corrected chi connectivity index (χ3v) is 6.71. The molecule has 1 saturated heterocycles. The standard InChI is InChI=1S/C23H22ClN9/c1-31-14-29-23-17(3-6-28-23)22(31)16-9-30-33(13-16)20(2-5-25)15-4-7-32(12-15)21-11-27-10-19(24)18(21)8-26/h3,6,9-11,13,15,20H,2,4,7,12,14H2,1H3,(H,28,29)/t15-,20-/m0/s1. The van der Waals surface area contributed by atoms with Gasteiger partial charge in [0, 0.05) is 55.4 Å². The van der Waals surface area contributed by atoms with Gasteiger partial charge in [0.05, 0.1) is 52.9 Å². The van der Waals surface area contributed by atoms with Crippen LogP contribution in [0.2, 0.25) is 5.02 Å². The summed E-state index contributed by atoms with van der Waals surface area (Å²) in [5.74, 6) is 0.204. The van der Waals surface area contributed by atoms with Crippen LogP contribution in [-0.4, -0.2) is 51.5 Å². The molecule has 0 saturated carbocycles. The number of halogens is 1. The molecular formula is C23H22ClN9. The Morgan fingerprint density at radius 1 is 1.30 bits per heavy atom. The third-order valence-electron chi connectivity index (χ3n) is 6.42. The summed E-state index contributed by atoms with van der Waals surface area (Å²) in [6.45, 7) is 2.05. The fourth-order valence-electron chi connectivity index (χ4n) is 4.82. The number of anilines is 1. The number of rotatable bonds is 5. The summed E-state index contributed by atoms with van der Waals surface area (Å²) < 4.78 is 1.92. The zero-order valence-corrected chi connectivity index (χ0v) is 18.9. The van der Waals surface area contributed by atoms with E-state index in [0.717, 1.165) is 40.6 Å². The zero-order valence-electron chi connectivity index (χ0n) is 18.1. The van der Waals surface area contributed by atoms with Gasteiger partial charge in [-0.25, -0.2) is 4.99 Å². The average molecular weight is 460 g/mol. The van der Waals surface area contributed by atoms with Gasteiger partial charge in [0.2, 0.25) is 0 Å². The summed E-state index contributed by atoms with van der Waals surface area (Å²) in [5.41, 5.74) is 4.12. The second kappa shape index (κ2) is 8.61. The molecule has 0 spiro atoms. The van der Waals surface area contributed by atoms with Crippen molar-refractivity contribution in [1.82, 2.24) is 24.6 Å². The van der Waals surface area contributed by atoms with Crippen LogP contribution in [0, 0.1) is 28.6 Å². The maximum absolute atomic E-state index is 9.55. The highest BCUT2D eigenvalue weighted by molar-refractivity contribution is 6.32. The van der Waals surface area contributed by atoms with Crippen LogP contribution in [0.3, 0.4) is 0 Å². The smallest absolute Gasteiger partial charge is 0.136 e. The van der Waals surface area contributed by atoms with E-state index in [4.69, 9.17) is 11.6 Å². The molecule has 5 rings (SSSR count). The minimum absolute atomic E-state index is 0.0729. The molecule has 2 aliphatic rings. The topological polar surface area (TPSA) is 113 Å². The first-order chi connectivity index (χ1) is 16.1. The van der Waals surface area contributed by atoms with E-state index in [2.05, 4.69) is 42.0 Å². The van der Waals surface area contributed by atoms with Gasteiger partial charge >= 0.3 is 0 Å². The first kappa shape index (κ1) is 21.0. The Morgan fingerprint density at radius 2 is 2.18 bits per heavy atom. The Kier molecular flexibility index (Phi) is 5.49. The molecule has 3 aromatic heterocycles. The van der Waals surface area contributed by atoms with Gasteiger partial charge in [0.25, 0.3) is 0 Å². The fraction of sp³-hybridized carbons (Fsp3) is 0.348. The number of aromatic nitrogens is 4. The third kappa shape index (κ3) is 3.71. The van der Waals surface area contributed by atoms with Crippen molar-refractivity contribution in [2.75, 3.05) is 31.7 Å². The van der Waals surface area contributed by atoms with Crippen molar-refractivity contribution in [2.24, 2.45) is 10.9 Å². The van der Waals surface area contributed by atoms with Gasteiger partial charge in [-0.1, -0.05) is 11.6 Å².